The van der Waals surface area contributed by atoms with E-state index in [9.17, 15) is 14.7 Å². The number of aromatic nitrogens is 1. The molecule has 1 aliphatic rings. The molecule has 0 bridgehead atoms. The fourth-order valence-corrected chi connectivity index (χ4v) is 3.30. The number of ketones is 1. The number of benzene rings is 2. The molecule has 1 N–H and O–H groups in total. The molecule has 3 aromatic rings. The van der Waals surface area contributed by atoms with Gasteiger partial charge in [0.2, 0.25) is 0 Å². The second-order valence-corrected chi connectivity index (χ2v) is 6.16. The van der Waals surface area contributed by atoms with E-state index in [2.05, 4.69) is 4.98 Å². The van der Waals surface area contributed by atoms with Gasteiger partial charge in [0.15, 0.2) is 0 Å². The van der Waals surface area contributed by atoms with Crippen LogP contribution in [0, 0.1) is 0 Å². The van der Waals surface area contributed by atoms with Crippen LogP contribution < -0.4 is 4.90 Å². The number of amides is 1. The first-order valence-corrected chi connectivity index (χ1v) is 8.50. The molecule has 5 heteroatoms. The van der Waals surface area contributed by atoms with Gasteiger partial charge < -0.3 is 5.11 Å². The lowest BCUT2D eigenvalue weighted by Gasteiger charge is -2.25. The third-order valence-electron chi connectivity index (χ3n) is 4.53. The number of aliphatic hydroxyl groups is 1. The van der Waals surface area contributed by atoms with Gasteiger partial charge in [0, 0.05) is 11.8 Å². The number of hydrogen-bond acceptors (Lipinski definition) is 4. The minimum atomic E-state index is -0.726. The van der Waals surface area contributed by atoms with Crippen molar-refractivity contribution in [3.8, 4) is 0 Å². The molecule has 1 saturated heterocycles. The quantitative estimate of drug-likeness (QED) is 0.441. The van der Waals surface area contributed by atoms with E-state index in [-0.39, 0.29) is 11.3 Å². The molecule has 4 rings (SSSR count). The average Bonchev–Trinajstić information content (AvgIpc) is 3.00. The van der Waals surface area contributed by atoms with Crippen LogP contribution in [0.4, 0.5) is 5.69 Å². The maximum Gasteiger partial charge on any atom is 0.300 e. The zero-order valence-corrected chi connectivity index (χ0v) is 14.3. The van der Waals surface area contributed by atoms with Gasteiger partial charge in [0.05, 0.1) is 23.5 Å². The SMILES string of the molecule is O=C1C(=O)N(c2cccnc2)[C@H](c2ccccc2)/C1=C(\O)c1ccccc1. The lowest BCUT2D eigenvalue weighted by atomic mass is 9.95. The Hall–Kier alpha value is -3.73. The molecule has 2 heterocycles. The van der Waals surface area contributed by atoms with E-state index in [1.54, 1.807) is 42.6 Å². The third-order valence-corrected chi connectivity index (χ3v) is 4.53. The Morgan fingerprint density at radius 1 is 0.889 bits per heavy atom. The zero-order chi connectivity index (χ0) is 18.8. The molecule has 0 unspecified atom stereocenters. The topological polar surface area (TPSA) is 70.5 Å². The summed E-state index contributed by atoms with van der Waals surface area (Å²) in [6.07, 6.45) is 3.13. The summed E-state index contributed by atoms with van der Waals surface area (Å²) in [6.45, 7) is 0. The van der Waals surface area contributed by atoms with E-state index in [0.717, 1.165) is 5.56 Å². The normalized spacial score (nSPS) is 18.7. The van der Waals surface area contributed by atoms with Gasteiger partial charge >= 0.3 is 0 Å². The number of aliphatic hydroxyl groups excluding tert-OH is 1. The number of nitrogens with zero attached hydrogens (tertiary/aromatic N) is 2. The molecular weight excluding hydrogens is 340 g/mol. The highest BCUT2D eigenvalue weighted by molar-refractivity contribution is 6.51. The summed E-state index contributed by atoms with van der Waals surface area (Å²) in [5.41, 5.74) is 1.79. The van der Waals surface area contributed by atoms with E-state index in [1.165, 1.54) is 11.1 Å². The Balaban J connectivity index is 1.95. The standard InChI is InChI=1S/C22H16N2O3/c25-20(16-10-5-2-6-11-16)18-19(15-8-3-1-4-9-15)24(22(27)21(18)26)17-12-7-13-23-14-17/h1-14,19,25H/b20-18+/t19-/m1/s1. The van der Waals surface area contributed by atoms with Gasteiger partial charge in [-0.2, -0.15) is 0 Å². The van der Waals surface area contributed by atoms with Crippen molar-refractivity contribution in [2.75, 3.05) is 4.90 Å². The first-order chi connectivity index (χ1) is 13.2. The van der Waals surface area contributed by atoms with Crippen LogP contribution in [-0.2, 0) is 9.59 Å². The Labute approximate surface area is 156 Å². The number of pyridine rings is 1. The summed E-state index contributed by atoms with van der Waals surface area (Å²) in [6, 6.07) is 20.6. The molecule has 0 spiro atoms. The van der Waals surface area contributed by atoms with Gasteiger partial charge in [-0.3, -0.25) is 19.5 Å². The lowest BCUT2D eigenvalue weighted by molar-refractivity contribution is -0.132. The van der Waals surface area contributed by atoms with E-state index >= 15 is 0 Å². The lowest BCUT2D eigenvalue weighted by Crippen LogP contribution is -2.29. The van der Waals surface area contributed by atoms with Crippen LogP contribution in [-0.4, -0.2) is 21.8 Å². The van der Waals surface area contributed by atoms with Gasteiger partial charge in [-0.15, -0.1) is 0 Å². The summed E-state index contributed by atoms with van der Waals surface area (Å²) in [7, 11) is 0. The van der Waals surface area contributed by atoms with Gasteiger partial charge in [-0.25, -0.2) is 0 Å². The van der Waals surface area contributed by atoms with Crippen molar-refractivity contribution in [2.45, 2.75) is 6.04 Å². The Morgan fingerprint density at radius 3 is 2.19 bits per heavy atom. The predicted molar refractivity (Wildman–Crippen MR) is 102 cm³/mol. The number of rotatable bonds is 3. The van der Waals surface area contributed by atoms with Crippen LogP contribution in [0.15, 0.2) is 90.8 Å². The summed E-state index contributed by atoms with van der Waals surface area (Å²) in [5, 5.41) is 10.9. The molecule has 27 heavy (non-hydrogen) atoms. The van der Waals surface area contributed by atoms with Gasteiger partial charge in [-0.1, -0.05) is 60.7 Å². The fraction of sp³-hybridized carbons (Fsp3) is 0.0455. The number of carbonyl (C=O) groups is 2. The van der Waals surface area contributed by atoms with Crippen molar-refractivity contribution >= 4 is 23.1 Å². The molecule has 1 fully saturated rings. The number of Topliss-reactive ketones (excluding diaryl/α,β-unsaturated/α-hetero) is 1. The highest BCUT2D eigenvalue weighted by Gasteiger charge is 2.46. The largest absolute Gasteiger partial charge is 0.507 e. The van der Waals surface area contributed by atoms with Crippen molar-refractivity contribution < 1.29 is 14.7 Å². The van der Waals surface area contributed by atoms with Crippen molar-refractivity contribution in [2.24, 2.45) is 0 Å². The molecule has 0 radical (unpaired) electrons. The highest BCUT2D eigenvalue weighted by atomic mass is 16.3. The van der Waals surface area contributed by atoms with Gasteiger partial charge in [0.25, 0.3) is 11.7 Å². The summed E-state index contributed by atoms with van der Waals surface area (Å²) < 4.78 is 0. The Morgan fingerprint density at radius 2 is 1.56 bits per heavy atom. The highest BCUT2D eigenvalue weighted by Crippen LogP contribution is 2.41. The molecule has 5 nitrogen and oxygen atoms in total. The second-order valence-electron chi connectivity index (χ2n) is 6.16. The van der Waals surface area contributed by atoms with Crippen molar-refractivity contribution in [3.05, 3.63) is 102 Å². The second kappa shape index (κ2) is 6.88. The smallest absolute Gasteiger partial charge is 0.300 e. The average molecular weight is 356 g/mol. The minimum Gasteiger partial charge on any atom is -0.507 e. The summed E-state index contributed by atoms with van der Waals surface area (Å²) in [5.74, 6) is -1.59. The van der Waals surface area contributed by atoms with E-state index in [4.69, 9.17) is 0 Å². The molecule has 0 saturated carbocycles. The molecule has 132 valence electrons. The van der Waals surface area contributed by atoms with Crippen molar-refractivity contribution in [3.63, 3.8) is 0 Å². The minimum absolute atomic E-state index is 0.0706. The van der Waals surface area contributed by atoms with Crippen molar-refractivity contribution in [1.29, 1.82) is 0 Å². The monoisotopic (exact) mass is 356 g/mol. The van der Waals surface area contributed by atoms with E-state index in [1.807, 2.05) is 36.4 Å². The van der Waals surface area contributed by atoms with Gasteiger partial charge in [0.1, 0.15) is 5.76 Å². The fourth-order valence-electron chi connectivity index (χ4n) is 3.30. The van der Waals surface area contributed by atoms with Crippen LogP contribution in [0.3, 0.4) is 0 Å². The van der Waals surface area contributed by atoms with Gasteiger partial charge in [-0.05, 0) is 17.7 Å². The molecular formula is C22H16N2O3. The maximum atomic E-state index is 12.9. The Kier molecular flexibility index (Phi) is 4.26. The molecule has 1 aromatic heterocycles. The first-order valence-electron chi connectivity index (χ1n) is 8.50. The van der Waals surface area contributed by atoms with E-state index < -0.39 is 17.7 Å². The summed E-state index contributed by atoms with van der Waals surface area (Å²) >= 11 is 0. The van der Waals surface area contributed by atoms with E-state index in [0.29, 0.717) is 11.3 Å². The first kappa shape index (κ1) is 16.7. The zero-order valence-electron chi connectivity index (χ0n) is 14.3. The van der Waals surface area contributed by atoms with Crippen LogP contribution in [0.5, 0.6) is 0 Å². The van der Waals surface area contributed by atoms with Crippen LogP contribution in [0.1, 0.15) is 17.2 Å². The molecule has 1 amide bonds. The molecule has 1 aliphatic heterocycles. The summed E-state index contributed by atoms with van der Waals surface area (Å²) in [4.78, 5) is 31.1. The molecule has 1 atom stereocenters. The number of carbonyl (C=O) groups excluding carboxylic acids is 2. The van der Waals surface area contributed by atoms with Crippen LogP contribution >= 0.6 is 0 Å². The van der Waals surface area contributed by atoms with Crippen LogP contribution in [0.25, 0.3) is 5.76 Å². The number of anilines is 1. The molecule has 2 aromatic carbocycles. The third kappa shape index (κ3) is 2.89. The maximum absolute atomic E-state index is 12.9. The van der Waals surface area contributed by atoms with Crippen LogP contribution in [0.2, 0.25) is 0 Å². The number of hydrogen-bond donors (Lipinski definition) is 1. The molecule has 0 aliphatic carbocycles. The predicted octanol–water partition coefficient (Wildman–Crippen LogP) is 3.71. The Bertz CT molecular complexity index is 1020. The van der Waals surface area contributed by atoms with Crippen molar-refractivity contribution in [1.82, 2.24) is 4.98 Å².